The minimum Gasteiger partial charge on any atom is -0.342 e. The van der Waals surface area contributed by atoms with Crippen molar-refractivity contribution in [2.75, 3.05) is 26.2 Å². The lowest BCUT2D eigenvalue weighted by molar-refractivity contribution is -0.136. The smallest absolute Gasteiger partial charge is 0.231 e. The van der Waals surface area contributed by atoms with Gasteiger partial charge in [-0.1, -0.05) is 5.16 Å². The van der Waals surface area contributed by atoms with Crippen LogP contribution in [0.4, 0.5) is 4.39 Å². The van der Waals surface area contributed by atoms with Crippen LogP contribution in [0.5, 0.6) is 0 Å². The molecule has 1 amide bonds. The molecule has 2 atom stereocenters. The van der Waals surface area contributed by atoms with E-state index in [1.165, 1.54) is 12.1 Å². The molecule has 2 unspecified atom stereocenters. The van der Waals surface area contributed by atoms with Crippen LogP contribution in [-0.4, -0.2) is 47.1 Å². The number of benzene rings is 1. The molecule has 6 nitrogen and oxygen atoms in total. The lowest BCUT2D eigenvalue weighted by Gasteiger charge is -2.32. The maximum absolute atomic E-state index is 13.0. The van der Waals surface area contributed by atoms with E-state index < -0.39 is 0 Å². The van der Waals surface area contributed by atoms with Crippen LogP contribution in [-0.2, 0) is 4.79 Å². The fraction of sp³-hybridized carbons (Fsp3) is 0.500. The van der Waals surface area contributed by atoms with Gasteiger partial charge in [0.1, 0.15) is 5.82 Å². The first-order valence-corrected chi connectivity index (χ1v) is 8.80. The molecule has 4 rings (SSSR count). The first-order valence-electron chi connectivity index (χ1n) is 8.80. The number of carbonyl (C=O) groups is 1. The Balaban J connectivity index is 0.00000196. The number of likely N-dealkylation sites (tertiary alicyclic amines) is 1. The molecule has 2 aliphatic heterocycles. The van der Waals surface area contributed by atoms with Crippen molar-refractivity contribution in [3.05, 3.63) is 36.0 Å². The molecule has 0 spiro atoms. The van der Waals surface area contributed by atoms with Gasteiger partial charge in [-0.15, -0.1) is 12.4 Å². The molecular weight excluding hydrogens is 359 g/mol. The van der Waals surface area contributed by atoms with Crippen LogP contribution in [0.25, 0.3) is 11.4 Å². The van der Waals surface area contributed by atoms with Crippen molar-refractivity contribution in [3.63, 3.8) is 0 Å². The molecule has 2 aromatic rings. The normalized spacial score (nSPS) is 22.9. The van der Waals surface area contributed by atoms with E-state index >= 15 is 0 Å². The van der Waals surface area contributed by atoms with E-state index in [2.05, 4.69) is 15.5 Å². The largest absolute Gasteiger partial charge is 0.342 e. The Labute approximate surface area is 157 Å². The quantitative estimate of drug-likeness (QED) is 0.886. The summed E-state index contributed by atoms with van der Waals surface area (Å²) < 4.78 is 18.5. The molecular formula is C18H22ClFN4O2. The van der Waals surface area contributed by atoms with Gasteiger partial charge in [0.05, 0.1) is 11.8 Å². The van der Waals surface area contributed by atoms with E-state index in [0.717, 1.165) is 44.5 Å². The SMILES string of the molecule is Cl.O=C(C1CCNC1)N1CCCC(c2nc(-c3ccc(F)cc3)no2)C1. The maximum Gasteiger partial charge on any atom is 0.231 e. The van der Waals surface area contributed by atoms with Crippen LogP contribution < -0.4 is 5.32 Å². The predicted octanol–water partition coefficient (Wildman–Crippen LogP) is 2.61. The standard InChI is InChI=1S/C18H21FN4O2.ClH/c19-15-5-3-12(4-6-15)16-21-17(25-22-16)14-2-1-9-23(11-14)18(24)13-7-8-20-10-13;/h3-6,13-14,20H,1-2,7-11H2;1H. The summed E-state index contributed by atoms with van der Waals surface area (Å²) in [4.78, 5) is 19.0. The number of amides is 1. The highest BCUT2D eigenvalue weighted by Gasteiger charge is 2.33. The topological polar surface area (TPSA) is 71.3 Å². The Morgan fingerprint density at radius 1 is 1.27 bits per heavy atom. The molecule has 0 bridgehead atoms. The summed E-state index contributed by atoms with van der Waals surface area (Å²) in [5.41, 5.74) is 0.720. The monoisotopic (exact) mass is 380 g/mol. The van der Waals surface area contributed by atoms with Crippen LogP contribution in [0.15, 0.2) is 28.8 Å². The first-order chi connectivity index (χ1) is 12.2. The van der Waals surface area contributed by atoms with Crippen LogP contribution in [0, 0.1) is 11.7 Å². The van der Waals surface area contributed by atoms with Gasteiger partial charge in [-0.05, 0) is 50.1 Å². The number of piperidine rings is 1. The van der Waals surface area contributed by atoms with Gasteiger partial charge in [0.25, 0.3) is 0 Å². The molecule has 8 heteroatoms. The number of aromatic nitrogens is 2. The Morgan fingerprint density at radius 2 is 2.08 bits per heavy atom. The third kappa shape index (κ3) is 3.88. The lowest BCUT2D eigenvalue weighted by atomic mass is 9.96. The second-order valence-electron chi connectivity index (χ2n) is 6.78. The molecule has 1 aromatic heterocycles. The molecule has 1 N–H and O–H groups in total. The van der Waals surface area contributed by atoms with E-state index in [4.69, 9.17) is 4.52 Å². The third-order valence-corrected chi connectivity index (χ3v) is 5.04. The number of hydrogen-bond acceptors (Lipinski definition) is 5. The number of carbonyl (C=O) groups excluding carboxylic acids is 1. The highest BCUT2D eigenvalue weighted by atomic mass is 35.5. The molecule has 2 fully saturated rings. The molecule has 0 radical (unpaired) electrons. The number of nitrogens with zero attached hydrogens (tertiary/aromatic N) is 3. The first kappa shape index (κ1) is 18.8. The van der Waals surface area contributed by atoms with E-state index in [1.54, 1.807) is 12.1 Å². The summed E-state index contributed by atoms with van der Waals surface area (Å²) in [5, 5.41) is 7.26. The maximum atomic E-state index is 13.0. The van der Waals surface area contributed by atoms with Crippen molar-refractivity contribution in [1.82, 2.24) is 20.4 Å². The summed E-state index contributed by atoms with van der Waals surface area (Å²) in [7, 11) is 0. The summed E-state index contributed by atoms with van der Waals surface area (Å²) in [6.07, 6.45) is 2.78. The van der Waals surface area contributed by atoms with Gasteiger partial charge in [-0.25, -0.2) is 4.39 Å². The fourth-order valence-electron chi connectivity index (χ4n) is 3.62. The van der Waals surface area contributed by atoms with Gasteiger partial charge in [0.15, 0.2) is 0 Å². The Kier molecular flexibility index (Phi) is 5.88. The van der Waals surface area contributed by atoms with Gasteiger partial charge in [0.2, 0.25) is 17.6 Å². The van der Waals surface area contributed by atoms with Crippen molar-refractivity contribution in [1.29, 1.82) is 0 Å². The molecule has 3 heterocycles. The summed E-state index contributed by atoms with van der Waals surface area (Å²) in [6, 6.07) is 6.02. The molecule has 2 aliphatic rings. The summed E-state index contributed by atoms with van der Waals surface area (Å²) in [6.45, 7) is 3.11. The second-order valence-corrected chi connectivity index (χ2v) is 6.78. The average molecular weight is 381 g/mol. The van der Waals surface area contributed by atoms with Crippen molar-refractivity contribution < 1.29 is 13.7 Å². The van der Waals surface area contributed by atoms with Crippen molar-refractivity contribution in [2.24, 2.45) is 5.92 Å². The van der Waals surface area contributed by atoms with Crippen LogP contribution in [0.2, 0.25) is 0 Å². The van der Waals surface area contributed by atoms with E-state index in [0.29, 0.717) is 18.3 Å². The molecule has 1 aromatic carbocycles. The predicted molar refractivity (Wildman–Crippen MR) is 96.5 cm³/mol. The van der Waals surface area contributed by atoms with Crippen LogP contribution in [0.3, 0.4) is 0 Å². The number of hydrogen-bond donors (Lipinski definition) is 1. The molecule has 140 valence electrons. The third-order valence-electron chi connectivity index (χ3n) is 5.04. The van der Waals surface area contributed by atoms with Crippen LogP contribution in [0.1, 0.15) is 31.1 Å². The van der Waals surface area contributed by atoms with Gasteiger partial charge in [-0.2, -0.15) is 4.98 Å². The van der Waals surface area contributed by atoms with Gasteiger partial charge < -0.3 is 14.7 Å². The number of halogens is 2. The number of rotatable bonds is 3. The van der Waals surface area contributed by atoms with Gasteiger partial charge in [-0.3, -0.25) is 4.79 Å². The Morgan fingerprint density at radius 3 is 2.81 bits per heavy atom. The lowest BCUT2D eigenvalue weighted by Crippen LogP contribution is -2.43. The highest BCUT2D eigenvalue weighted by Crippen LogP contribution is 2.29. The fourth-order valence-corrected chi connectivity index (χ4v) is 3.62. The van der Waals surface area contributed by atoms with E-state index in [-0.39, 0.29) is 36.0 Å². The minimum absolute atomic E-state index is 0. The molecule has 26 heavy (non-hydrogen) atoms. The molecule has 0 aliphatic carbocycles. The zero-order valence-corrected chi connectivity index (χ0v) is 15.2. The van der Waals surface area contributed by atoms with Gasteiger partial charge >= 0.3 is 0 Å². The van der Waals surface area contributed by atoms with E-state index in [1.807, 2.05) is 4.90 Å². The number of nitrogens with one attached hydrogen (secondary N) is 1. The summed E-state index contributed by atoms with van der Waals surface area (Å²) >= 11 is 0. The minimum atomic E-state index is -0.296. The Bertz CT molecular complexity index is 746. The van der Waals surface area contributed by atoms with E-state index in [9.17, 15) is 9.18 Å². The molecule has 0 saturated carbocycles. The average Bonchev–Trinajstić information content (AvgIpc) is 3.34. The summed E-state index contributed by atoms with van der Waals surface area (Å²) in [5.74, 6) is 1.10. The van der Waals surface area contributed by atoms with Gasteiger partial charge in [0, 0.05) is 25.2 Å². The second kappa shape index (κ2) is 8.14. The highest BCUT2D eigenvalue weighted by molar-refractivity contribution is 5.85. The van der Waals surface area contributed by atoms with Crippen molar-refractivity contribution in [2.45, 2.75) is 25.2 Å². The van der Waals surface area contributed by atoms with Crippen molar-refractivity contribution in [3.8, 4) is 11.4 Å². The van der Waals surface area contributed by atoms with Crippen molar-refractivity contribution >= 4 is 18.3 Å². The zero-order valence-electron chi connectivity index (χ0n) is 14.4. The zero-order chi connectivity index (χ0) is 17.2. The Hall–Kier alpha value is -1.99. The molecule has 2 saturated heterocycles. The van der Waals surface area contributed by atoms with Crippen LogP contribution >= 0.6 is 12.4 Å².